The number of ether oxygens (including phenoxy) is 1. The van der Waals surface area contributed by atoms with E-state index >= 15 is 0 Å². The number of hydrogen-bond acceptors (Lipinski definition) is 6. The van der Waals surface area contributed by atoms with E-state index in [1.807, 2.05) is 17.5 Å². The van der Waals surface area contributed by atoms with Crippen molar-refractivity contribution in [2.45, 2.75) is 20.3 Å². The molecule has 0 aliphatic carbocycles. The average Bonchev–Trinajstić information content (AvgIpc) is 3.29. The monoisotopic (exact) mass is 371 g/mol. The van der Waals surface area contributed by atoms with Crippen LogP contribution in [0.4, 0.5) is 0 Å². The molecule has 0 saturated carbocycles. The van der Waals surface area contributed by atoms with E-state index in [2.05, 4.69) is 24.0 Å². The highest BCUT2D eigenvalue weighted by molar-refractivity contribution is 7.17. The van der Waals surface area contributed by atoms with Gasteiger partial charge in [0.1, 0.15) is 9.88 Å². The van der Waals surface area contributed by atoms with Gasteiger partial charge in [0, 0.05) is 5.56 Å². The molecular weight excluding hydrogens is 354 g/mol. The van der Waals surface area contributed by atoms with E-state index in [0.29, 0.717) is 15.4 Å². The van der Waals surface area contributed by atoms with Crippen molar-refractivity contribution in [3.05, 3.63) is 62.8 Å². The number of ketones is 1. The summed E-state index contributed by atoms with van der Waals surface area (Å²) < 4.78 is 5.17. The smallest absolute Gasteiger partial charge is 0.350 e. The minimum absolute atomic E-state index is 0.194. The Morgan fingerprint density at radius 1 is 1.16 bits per heavy atom. The molecule has 6 heteroatoms. The van der Waals surface area contributed by atoms with Gasteiger partial charge in [0.2, 0.25) is 5.78 Å². The summed E-state index contributed by atoms with van der Waals surface area (Å²) in [5, 5.41) is 2.59. The molecule has 0 saturated heterocycles. The van der Waals surface area contributed by atoms with E-state index in [1.165, 1.54) is 28.2 Å². The topological polar surface area (TPSA) is 56.3 Å². The van der Waals surface area contributed by atoms with Crippen LogP contribution in [0, 0.1) is 6.92 Å². The Hall–Kier alpha value is -2.31. The third kappa shape index (κ3) is 4.03. The number of thiazole rings is 1. The number of nitrogens with zero attached hydrogens (tertiary/aromatic N) is 1. The molecule has 0 aliphatic rings. The number of carbonyl (C=O) groups excluding carboxylic acids is 2. The van der Waals surface area contributed by atoms with Crippen LogP contribution in [0.5, 0.6) is 0 Å². The zero-order chi connectivity index (χ0) is 17.8. The Morgan fingerprint density at radius 3 is 2.56 bits per heavy atom. The molecule has 128 valence electrons. The summed E-state index contributed by atoms with van der Waals surface area (Å²) in [5.74, 6) is -0.697. The van der Waals surface area contributed by atoms with E-state index in [-0.39, 0.29) is 12.4 Å². The molecule has 2 heterocycles. The molecule has 3 rings (SSSR count). The van der Waals surface area contributed by atoms with Gasteiger partial charge in [0.15, 0.2) is 6.61 Å². The quantitative estimate of drug-likeness (QED) is 0.462. The zero-order valence-corrected chi connectivity index (χ0v) is 15.6. The summed E-state index contributed by atoms with van der Waals surface area (Å²) in [6.45, 7) is 3.63. The summed E-state index contributed by atoms with van der Waals surface area (Å²) >= 11 is 2.62. The Kier molecular flexibility index (Phi) is 5.40. The first-order valence-corrected chi connectivity index (χ1v) is 9.58. The van der Waals surface area contributed by atoms with Crippen molar-refractivity contribution < 1.29 is 14.3 Å². The maximum absolute atomic E-state index is 12.3. The van der Waals surface area contributed by atoms with Crippen molar-refractivity contribution in [2.24, 2.45) is 0 Å². The van der Waals surface area contributed by atoms with Gasteiger partial charge >= 0.3 is 5.97 Å². The van der Waals surface area contributed by atoms with Crippen molar-refractivity contribution >= 4 is 34.4 Å². The fourth-order valence-electron chi connectivity index (χ4n) is 2.30. The normalized spacial score (nSPS) is 10.6. The molecule has 0 unspecified atom stereocenters. The SMILES string of the molecule is CCc1ccc(-c2nc(C)c(C(=O)OCC(=O)c3cccs3)s2)cc1. The van der Waals surface area contributed by atoms with Crippen molar-refractivity contribution in [1.82, 2.24) is 4.98 Å². The molecule has 3 aromatic rings. The first-order chi connectivity index (χ1) is 12.1. The van der Waals surface area contributed by atoms with E-state index in [0.717, 1.165) is 17.0 Å². The summed E-state index contributed by atoms with van der Waals surface area (Å²) in [6.07, 6.45) is 0.979. The van der Waals surface area contributed by atoms with Gasteiger partial charge < -0.3 is 4.74 Å². The highest BCUT2D eigenvalue weighted by Crippen LogP contribution is 2.28. The van der Waals surface area contributed by atoms with Crippen molar-refractivity contribution in [1.29, 1.82) is 0 Å². The molecule has 4 nitrogen and oxygen atoms in total. The third-order valence-corrected chi connectivity index (χ3v) is 5.82. The lowest BCUT2D eigenvalue weighted by Crippen LogP contribution is -2.13. The van der Waals surface area contributed by atoms with E-state index < -0.39 is 5.97 Å². The molecule has 0 spiro atoms. The number of aromatic nitrogens is 1. The van der Waals surface area contributed by atoms with Crippen molar-refractivity contribution in [2.75, 3.05) is 6.61 Å². The molecule has 1 aromatic carbocycles. The first kappa shape index (κ1) is 17.5. The van der Waals surface area contributed by atoms with Crippen LogP contribution in [0.25, 0.3) is 10.6 Å². The van der Waals surface area contributed by atoms with Crippen LogP contribution < -0.4 is 0 Å². The van der Waals surface area contributed by atoms with Crippen LogP contribution >= 0.6 is 22.7 Å². The Balaban J connectivity index is 1.70. The van der Waals surface area contributed by atoms with Gasteiger partial charge in [0.25, 0.3) is 0 Å². The minimum Gasteiger partial charge on any atom is -0.453 e. The lowest BCUT2D eigenvalue weighted by atomic mass is 10.1. The molecule has 0 radical (unpaired) electrons. The van der Waals surface area contributed by atoms with Gasteiger partial charge in [-0.05, 0) is 30.4 Å². The number of thiophene rings is 1. The standard InChI is InChI=1S/C19H17NO3S2/c1-3-13-6-8-14(9-7-13)18-20-12(2)17(25-18)19(22)23-11-15(21)16-5-4-10-24-16/h4-10H,3,11H2,1-2H3. The van der Waals surface area contributed by atoms with Crippen LogP contribution in [0.3, 0.4) is 0 Å². The van der Waals surface area contributed by atoms with E-state index in [4.69, 9.17) is 4.74 Å². The molecule has 0 aliphatic heterocycles. The highest BCUT2D eigenvalue weighted by atomic mass is 32.1. The van der Waals surface area contributed by atoms with Crippen LogP contribution in [0.15, 0.2) is 41.8 Å². The van der Waals surface area contributed by atoms with Gasteiger partial charge in [0.05, 0.1) is 10.6 Å². The Labute approximate surface area is 154 Å². The van der Waals surface area contributed by atoms with Crippen LogP contribution in [0.2, 0.25) is 0 Å². The van der Waals surface area contributed by atoms with Gasteiger partial charge in [-0.25, -0.2) is 9.78 Å². The number of esters is 1. The molecular formula is C19H17NO3S2. The Morgan fingerprint density at radius 2 is 1.92 bits per heavy atom. The summed E-state index contributed by atoms with van der Waals surface area (Å²) in [7, 11) is 0. The van der Waals surface area contributed by atoms with Gasteiger partial charge in [-0.3, -0.25) is 4.79 Å². The number of Topliss-reactive ketones (excluding diaryl/α,β-unsaturated/α-hetero) is 1. The number of carbonyl (C=O) groups is 2. The van der Waals surface area contributed by atoms with E-state index in [1.54, 1.807) is 19.1 Å². The summed E-state index contributed by atoms with van der Waals surface area (Å²) in [4.78, 5) is 29.7. The number of benzene rings is 1. The van der Waals surface area contributed by atoms with Gasteiger partial charge in [-0.15, -0.1) is 22.7 Å². The fourth-order valence-corrected chi connectivity index (χ4v) is 3.91. The first-order valence-electron chi connectivity index (χ1n) is 7.89. The van der Waals surface area contributed by atoms with Gasteiger partial charge in [-0.1, -0.05) is 37.3 Å². The number of aryl methyl sites for hydroxylation is 2. The third-order valence-electron chi connectivity index (χ3n) is 3.72. The highest BCUT2D eigenvalue weighted by Gasteiger charge is 2.19. The van der Waals surface area contributed by atoms with E-state index in [9.17, 15) is 9.59 Å². The van der Waals surface area contributed by atoms with Gasteiger partial charge in [-0.2, -0.15) is 0 Å². The second kappa shape index (κ2) is 7.72. The zero-order valence-electron chi connectivity index (χ0n) is 13.9. The molecule has 0 atom stereocenters. The predicted octanol–water partition coefficient (Wildman–Crippen LogP) is 4.78. The lowest BCUT2D eigenvalue weighted by molar-refractivity contribution is 0.0479. The molecule has 0 amide bonds. The maximum atomic E-state index is 12.3. The predicted molar refractivity (Wildman–Crippen MR) is 101 cm³/mol. The lowest BCUT2D eigenvalue weighted by Gasteiger charge is -2.01. The van der Waals surface area contributed by atoms with Crippen molar-refractivity contribution in [3.8, 4) is 10.6 Å². The molecule has 0 fully saturated rings. The van der Waals surface area contributed by atoms with Crippen LogP contribution in [0.1, 0.15) is 37.5 Å². The maximum Gasteiger partial charge on any atom is 0.350 e. The second-order valence-electron chi connectivity index (χ2n) is 5.46. The average molecular weight is 371 g/mol. The summed E-state index contributed by atoms with van der Waals surface area (Å²) in [6, 6.07) is 11.6. The molecule has 2 aromatic heterocycles. The van der Waals surface area contributed by atoms with Crippen LogP contribution in [-0.2, 0) is 11.2 Å². The second-order valence-corrected chi connectivity index (χ2v) is 7.41. The molecule has 0 bridgehead atoms. The minimum atomic E-state index is -0.503. The Bertz CT molecular complexity index is 880. The van der Waals surface area contributed by atoms with Crippen molar-refractivity contribution in [3.63, 3.8) is 0 Å². The fraction of sp³-hybridized carbons (Fsp3) is 0.211. The molecule has 0 N–H and O–H groups in total. The van der Waals surface area contributed by atoms with Crippen LogP contribution in [-0.4, -0.2) is 23.3 Å². The number of rotatable bonds is 6. The largest absolute Gasteiger partial charge is 0.453 e. The molecule has 25 heavy (non-hydrogen) atoms. The number of hydrogen-bond donors (Lipinski definition) is 0. The summed E-state index contributed by atoms with van der Waals surface area (Å²) in [5.41, 5.74) is 2.84.